The molecule has 3 nitrogen and oxygen atoms in total. The standard InChI is InChI=1S/C14H19ClN2O.ClH/c15-12-6-3-11(4-7-12)5-8-14(18)17-13-2-1-9-16-10-13;/h3-4,6-7,13,16H,1-2,5,8-10H2,(H,17,18);1H. The van der Waals surface area contributed by atoms with E-state index in [0.717, 1.165) is 42.9 Å². The van der Waals surface area contributed by atoms with Crippen LogP contribution in [0, 0.1) is 0 Å². The van der Waals surface area contributed by atoms with Crippen molar-refractivity contribution < 1.29 is 4.79 Å². The van der Waals surface area contributed by atoms with E-state index >= 15 is 0 Å². The SMILES string of the molecule is Cl.O=C(CCc1ccc(Cl)cc1)NC1CCCNC1. The quantitative estimate of drug-likeness (QED) is 0.897. The van der Waals surface area contributed by atoms with E-state index in [0.29, 0.717) is 12.5 Å². The van der Waals surface area contributed by atoms with Crippen molar-refractivity contribution in [3.05, 3.63) is 34.9 Å². The van der Waals surface area contributed by atoms with Gasteiger partial charge in [-0.05, 0) is 43.5 Å². The summed E-state index contributed by atoms with van der Waals surface area (Å²) in [7, 11) is 0. The van der Waals surface area contributed by atoms with Gasteiger partial charge in [-0.3, -0.25) is 4.79 Å². The lowest BCUT2D eigenvalue weighted by Gasteiger charge is -2.23. The van der Waals surface area contributed by atoms with Gasteiger partial charge in [0.1, 0.15) is 0 Å². The lowest BCUT2D eigenvalue weighted by atomic mass is 10.1. The number of amides is 1. The second kappa shape index (κ2) is 8.41. The Bertz CT molecular complexity index is 389. The summed E-state index contributed by atoms with van der Waals surface area (Å²) in [5.41, 5.74) is 1.15. The van der Waals surface area contributed by atoms with Gasteiger partial charge in [-0.1, -0.05) is 23.7 Å². The minimum atomic E-state index is 0. The summed E-state index contributed by atoms with van der Waals surface area (Å²) in [6.07, 6.45) is 3.53. The maximum atomic E-state index is 11.8. The molecule has 1 heterocycles. The number of piperidine rings is 1. The van der Waals surface area contributed by atoms with Gasteiger partial charge < -0.3 is 10.6 Å². The van der Waals surface area contributed by atoms with Crippen LogP contribution in [0.3, 0.4) is 0 Å². The molecule has 1 unspecified atom stereocenters. The first-order valence-electron chi connectivity index (χ1n) is 6.48. The fourth-order valence-corrected chi connectivity index (χ4v) is 2.31. The number of carbonyl (C=O) groups excluding carboxylic acids is 1. The van der Waals surface area contributed by atoms with Crippen LogP contribution in [0.15, 0.2) is 24.3 Å². The molecule has 0 saturated carbocycles. The van der Waals surface area contributed by atoms with E-state index < -0.39 is 0 Å². The number of nitrogens with one attached hydrogen (secondary N) is 2. The van der Waals surface area contributed by atoms with Crippen molar-refractivity contribution in [3.63, 3.8) is 0 Å². The highest BCUT2D eigenvalue weighted by Gasteiger charge is 2.14. The molecule has 2 rings (SSSR count). The van der Waals surface area contributed by atoms with Gasteiger partial charge in [0.05, 0.1) is 0 Å². The molecular weight excluding hydrogens is 283 g/mol. The van der Waals surface area contributed by atoms with Crippen LogP contribution in [0.4, 0.5) is 0 Å². The molecule has 1 atom stereocenters. The molecule has 1 aromatic rings. The van der Waals surface area contributed by atoms with Gasteiger partial charge >= 0.3 is 0 Å². The highest BCUT2D eigenvalue weighted by atomic mass is 35.5. The molecule has 0 bridgehead atoms. The van der Waals surface area contributed by atoms with Gasteiger partial charge in [0, 0.05) is 24.0 Å². The smallest absolute Gasteiger partial charge is 0.220 e. The van der Waals surface area contributed by atoms with Crippen LogP contribution < -0.4 is 10.6 Å². The zero-order chi connectivity index (χ0) is 12.8. The average molecular weight is 303 g/mol. The normalized spacial score (nSPS) is 18.5. The van der Waals surface area contributed by atoms with E-state index in [2.05, 4.69) is 10.6 Å². The predicted molar refractivity (Wildman–Crippen MR) is 81.1 cm³/mol. The summed E-state index contributed by atoms with van der Waals surface area (Å²) in [4.78, 5) is 11.8. The van der Waals surface area contributed by atoms with Gasteiger partial charge in [-0.2, -0.15) is 0 Å². The highest BCUT2D eigenvalue weighted by molar-refractivity contribution is 6.30. The Hall–Kier alpha value is -0.770. The van der Waals surface area contributed by atoms with Crippen molar-refractivity contribution in [3.8, 4) is 0 Å². The van der Waals surface area contributed by atoms with Crippen LogP contribution in [0.5, 0.6) is 0 Å². The molecule has 2 N–H and O–H groups in total. The molecule has 1 aliphatic rings. The molecule has 19 heavy (non-hydrogen) atoms. The third-order valence-electron chi connectivity index (χ3n) is 3.22. The van der Waals surface area contributed by atoms with Gasteiger partial charge in [-0.15, -0.1) is 12.4 Å². The van der Waals surface area contributed by atoms with E-state index in [1.807, 2.05) is 24.3 Å². The Labute approximate surface area is 125 Å². The fraction of sp³-hybridized carbons (Fsp3) is 0.500. The third kappa shape index (κ3) is 5.81. The van der Waals surface area contributed by atoms with E-state index in [4.69, 9.17) is 11.6 Å². The molecule has 1 amide bonds. The van der Waals surface area contributed by atoms with Crippen molar-refractivity contribution in [2.45, 2.75) is 31.7 Å². The third-order valence-corrected chi connectivity index (χ3v) is 3.47. The van der Waals surface area contributed by atoms with Crippen LogP contribution in [0.25, 0.3) is 0 Å². The summed E-state index contributed by atoms with van der Waals surface area (Å²) < 4.78 is 0. The van der Waals surface area contributed by atoms with E-state index in [1.54, 1.807) is 0 Å². The van der Waals surface area contributed by atoms with Gasteiger partial charge in [0.15, 0.2) is 0 Å². The monoisotopic (exact) mass is 302 g/mol. The zero-order valence-electron chi connectivity index (χ0n) is 10.8. The number of halogens is 2. The molecule has 1 saturated heterocycles. The van der Waals surface area contributed by atoms with Crippen LogP contribution >= 0.6 is 24.0 Å². The summed E-state index contributed by atoms with van der Waals surface area (Å²) in [5.74, 6) is 0.138. The Balaban J connectivity index is 0.00000180. The van der Waals surface area contributed by atoms with Crippen molar-refractivity contribution >= 4 is 29.9 Å². The lowest BCUT2D eigenvalue weighted by molar-refractivity contribution is -0.121. The summed E-state index contributed by atoms with van der Waals surface area (Å²) in [6, 6.07) is 7.96. The molecule has 106 valence electrons. The van der Waals surface area contributed by atoms with Crippen LogP contribution in [-0.4, -0.2) is 25.0 Å². The summed E-state index contributed by atoms with van der Waals surface area (Å²) >= 11 is 5.82. The topological polar surface area (TPSA) is 41.1 Å². The lowest BCUT2D eigenvalue weighted by Crippen LogP contribution is -2.45. The highest BCUT2D eigenvalue weighted by Crippen LogP contribution is 2.11. The Morgan fingerprint density at radius 1 is 1.37 bits per heavy atom. The second-order valence-corrected chi connectivity index (χ2v) is 5.17. The fourth-order valence-electron chi connectivity index (χ4n) is 2.18. The van der Waals surface area contributed by atoms with Gasteiger partial charge in [0.2, 0.25) is 5.91 Å². The second-order valence-electron chi connectivity index (χ2n) is 4.74. The largest absolute Gasteiger partial charge is 0.352 e. The first-order valence-corrected chi connectivity index (χ1v) is 6.86. The van der Waals surface area contributed by atoms with Crippen molar-refractivity contribution in [1.82, 2.24) is 10.6 Å². The van der Waals surface area contributed by atoms with E-state index in [-0.39, 0.29) is 18.3 Å². The number of aryl methyl sites for hydroxylation is 1. The van der Waals surface area contributed by atoms with Crippen LogP contribution in [-0.2, 0) is 11.2 Å². The summed E-state index contributed by atoms with van der Waals surface area (Å²) in [6.45, 7) is 1.96. The number of carbonyl (C=O) groups is 1. The average Bonchev–Trinajstić information content (AvgIpc) is 2.39. The van der Waals surface area contributed by atoms with Crippen LogP contribution in [0.2, 0.25) is 5.02 Å². The maximum Gasteiger partial charge on any atom is 0.220 e. The molecule has 0 aliphatic carbocycles. The maximum absolute atomic E-state index is 11.8. The Morgan fingerprint density at radius 2 is 2.11 bits per heavy atom. The van der Waals surface area contributed by atoms with E-state index in [9.17, 15) is 4.79 Å². The number of benzene rings is 1. The summed E-state index contributed by atoms with van der Waals surface area (Å²) in [5, 5.41) is 7.10. The first-order chi connectivity index (χ1) is 8.74. The molecule has 1 aromatic carbocycles. The van der Waals surface area contributed by atoms with Gasteiger partial charge in [0.25, 0.3) is 0 Å². The predicted octanol–water partition coefficient (Wildman–Crippen LogP) is 2.56. The Kier molecular flexibility index (Phi) is 7.21. The number of hydrogen-bond donors (Lipinski definition) is 2. The molecule has 1 aliphatic heterocycles. The number of hydrogen-bond acceptors (Lipinski definition) is 2. The minimum absolute atomic E-state index is 0. The first kappa shape index (κ1) is 16.3. The number of rotatable bonds is 4. The molecule has 0 radical (unpaired) electrons. The van der Waals surface area contributed by atoms with Gasteiger partial charge in [-0.25, -0.2) is 0 Å². The Morgan fingerprint density at radius 3 is 2.74 bits per heavy atom. The van der Waals surface area contributed by atoms with Crippen molar-refractivity contribution in [1.29, 1.82) is 0 Å². The van der Waals surface area contributed by atoms with Crippen molar-refractivity contribution in [2.75, 3.05) is 13.1 Å². The van der Waals surface area contributed by atoms with Crippen LogP contribution in [0.1, 0.15) is 24.8 Å². The molecule has 0 aromatic heterocycles. The molecule has 5 heteroatoms. The van der Waals surface area contributed by atoms with Crippen molar-refractivity contribution in [2.24, 2.45) is 0 Å². The molecule has 0 spiro atoms. The van der Waals surface area contributed by atoms with E-state index in [1.165, 1.54) is 0 Å². The zero-order valence-corrected chi connectivity index (χ0v) is 12.4. The molecular formula is C14H20Cl2N2O. The minimum Gasteiger partial charge on any atom is -0.352 e. The molecule has 1 fully saturated rings.